The van der Waals surface area contributed by atoms with Gasteiger partial charge in [-0.25, -0.2) is 0 Å². The lowest BCUT2D eigenvalue weighted by molar-refractivity contribution is -0.00100. The third-order valence-corrected chi connectivity index (χ3v) is 35.5. The van der Waals surface area contributed by atoms with Crippen LogP contribution in [0.2, 0.25) is 0 Å². The fourth-order valence-corrected chi connectivity index (χ4v) is 31.1. The first-order chi connectivity index (χ1) is 49.7. The molecule has 0 N–H and O–H groups in total. The van der Waals surface area contributed by atoms with Crippen molar-refractivity contribution in [2.75, 3.05) is 0 Å². The Hall–Kier alpha value is -9.60. The van der Waals surface area contributed by atoms with E-state index in [1.54, 1.807) is 0 Å². The van der Waals surface area contributed by atoms with Crippen molar-refractivity contribution in [3.63, 3.8) is 0 Å². The fraction of sp³-hybridized carbons (Fsp3) is 0. The van der Waals surface area contributed by atoms with Crippen LogP contribution in [0.3, 0.4) is 0 Å². The smallest absolute Gasteiger partial charge is 0.144 e. The first-order valence-electron chi connectivity index (χ1n) is 34.1. The van der Waals surface area contributed by atoms with Gasteiger partial charge in [-0.3, -0.25) is 0 Å². The summed E-state index contributed by atoms with van der Waals surface area (Å²) >= 11 is 0. The van der Waals surface area contributed by atoms with Crippen molar-refractivity contribution >= 4 is 114 Å². The summed E-state index contributed by atoms with van der Waals surface area (Å²) < 4.78 is 0. The highest BCUT2D eigenvalue weighted by atomic mass is 35.5. The van der Waals surface area contributed by atoms with Gasteiger partial charge in [-0.1, -0.05) is 291 Å². The van der Waals surface area contributed by atoms with E-state index in [0.717, 1.165) is 0 Å². The zero-order valence-corrected chi connectivity index (χ0v) is 64.1. The molecule has 512 valence electrons. The molecule has 0 nitrogen and oxygen atoms in total. The number of halogens is 4. The van der Waals surface area contributed by atoms with Crippen molar-refractivity contribution < 1.29 is 49.6 Å². The normalized spacial score (nSPS) is 10.8. The first kappa shape index (κ1) is 78.5. The van der Waals surface area contributed by atoms with E-state index < -0.39 is 29.0 Å². The molecule has 16 aromatic carbocycles. The molecule has 104 heavy (non-hydrogen) atoms. The van der Waals surface area contributed by atoms with Crippen LogP contribution in [0, 0.1) is 0 Å². The monoisotopic (exact) mass is 1500 g/mol. The van der Waals surface area contributed by atoms with E-state index in [0.29, 0.717) is 0 Å². The van der Waals surface area contributed by atoms with Crippen LogP contribution in [0.1, 0.15) is 0 Å². The van der Waals surface area contributed by atoms with Gasteiger partial charge in [0.25, 0.3) is 0 Å². The Balaban J connectivity index is 0.000000159. The summed E-state index contributed by atoms with van der Waals surface area (Å²) in [5.41, 5.74) is 0. The molecule has 0 bridgehead atoms. The maximum atomic E-state index is 2.28. The highest BCUT2D eigenvalue weighted by Gasteiger charge is 2.51. The summed E-state index contributed by atoms with van der Waals surface area (Å²) in [5, 5.41) is 22.2. The van der Waals surface area contributed by atoms with Gasteiger partial charge in [0.1, 0.15) is 114 Å². The molecule has 0 aliphatic rings. The molecule has 0 unspecified atom stereocenters. The van der Waals surface area contributed by atoms with E-state index in [1.807, 2.05) is 0 Å². The molecule has 16 rings (SSSR count). The molecule has 0 atom stereocenters. The van der Waals surface area contributed by atoms with Gasteiger partial charge in [-0.15, -0.1) is 0 Å². The molecule has 0 saturated carbocycles. The van der Waals surface area contributed by atoms with Gasteiger partial charge < -0.3 is 49.6 Å². The Labute approximate surface area is 643 Å². The molecule has 0 radical (unpaired) electrons. The van der Waals surface area contributed by atoms with Crippen LogP contribution in [0.25, 0.3) is 0 Å². The maximum Gasteiger partial charge on any atom is 0.144 e. The molecular weight excluding hydrogens is 1420 g/mol. The van der Waals surface area contributed by atoms with Crippen LogP contribution in [0.4, 0.5) is 0 Å². The summed E-state index contributed by atoms with van der Waals surface area (Å²) in [4.78, 5) is 0. The van der Waals surface area contributed by atoms with Crippen molar-refractivity contribution in [1.82, 2.24) is 0 Å². The van der Waals surface area contributed by atoms with Crippen LogP contribution < -0.4 is 135 Å². The van der Waals surface area contributed by atoms with E-state index in [2.05, 4.69) is 485 Å². The van der Waals surface area contributed by atoms with Crippen molar-refractivity contribution in [3.8, 4) is 0 Å². The van der Waals surface area contributed by atoms with Crippen LogP contribution >= 0.6 is 29.0 Å². The average molecular weight is 1500 g/mol. The molecular formula is C96H80Cl4P4. The second kappa shape index (κ2) is 39.3. The average Bonchev–Trinajstić information content (AvgIpc) is 0.763. The topological polar surface area (TPSA) is 0 Å². The summed E-state index contributed by atoms with van der Waals surface area (Å²) in [6, 6.07) is 175. The van der Waals surface area contributed by atoms with Crippen molar-refractivity contribution in [1.29, 1.82) is 0 Å². The SMILES string of the molecule is [Cl-].[Cl-].[Cl-].[Cl-].c1ccc([P+](c2ccccc2)(c2ccccc2)c2ccccc2)cc1.c1ccc([P+](c2ccccc2)(c2ccccc2)c2ccccc2)cc1.c1ccc([P+](c2ccccc2)(c2ccccc2)c2ccccc2)cc1.c1ccc([P+](c2ccccc2)(c2ccccc2)c2ccccc2)cc1. The number of hydrogen-bond donors (Lipinski definition) is 0. The van der Waals surface area contributed by atoms with Gasteiger partial charge in [0.15, 0.2) is 0 Å². The largest absolute Gasteiger partial charge is 1.00 e. The lowest BCUT2D eigenvalue weighted by Gasteiger charge is -2.27. The molecule has 0 saturated heterocycles. The molecule has 16 aromatic rings. The standard InChI is InChI=1S/4C24H20P.4ClH/c4*1-5-13-21(14-6-1)25(22-15-7-2-8-16-22,23-17-9-3-10-18-23)24-19-11-4-12-20-24;;;;/h4*1-20H;4*1H/q4*+1;;;;/p-4. The van der Waals surface area contributed by atoms with Gasteiger partial charge in [0, 0.05) is 0 Å². The van der Waals surface area contributed by atoms with Crippen molar-refractivity contribution in [2.45, 2.75) is 0 Å². The second-order valence-corrected chi connectivity index (χ2v) is 37.7. The van der Waals surface area contributed by atoms with Crippen molar-refractivity contribution in [3.05, 3.63) is 485 Å². The molecule has 0 aliphatic carbocycles. The Bertz CT molecular complexity index is 3690. The van der Waals surface area contributed by atoms with E-state index in [1.165, 1.54) is 84.9 Å². The zero-order valence-electron chi connectivity index (χ0n) is 57.5. The minimum absolute atomic E-state index is 0. The van der Waals surface area contributed by atoms with E-state index in [-0.39, 0.29) is 49.6 Å². The first-order valence-corrected chi connectivity index (χ1v) is 41.3. The van der Waals surface area contributed by atoms with E-state index in [4.69, 9.17) is 0 Å². The zero-order chi connectivity index (χ0) is 67.8. The number of hydrogen-bond acceptors (Lipinski definition) is 0. The van der Waals surface area contributed by atoms with Gasteiger partial charge in [0.2, 0.25) is 0 Å². The third kappa shape index (κ3) is 16.8. The lowest BCUT2D eigenvalue weighted by Crippen LogP contribution is -3.00. The highest BCUT2D eigenvalue weighted by molar-refractivity contribution is 8.03. The summed E-state index contributed by atoms with van der Waals surface area (Å²) in [6.07, 6.45) is 0. The summed E-state index contributed by atoms with van der Waals surface area (Å²) in [6.45, 7) is 0. The summed E-state index contributed by atoms with van der Waals surface area (Å²) in [5.74, 6) is 0. The molecule has 0 aromatic heterocycles. The second-order valence-electron chi connectivity index (χ2n) is 24.1. The molecule has 0 aliphatic heterocycles. The quantitative estimate of drug-likeness (QED) is 0.116. The third-order valence-electron chi connectivity index (χ3n) is 18.3. The van der Waals surface area contributed by atoms with Crippen LogP contribution in [-0.2, 0) is 0 Å². The van der Waals surface area contributed by atoms with Crippen molar-refractivity contribution in [2.24, 2.45) is 0 Å². The van der Waals surface area contributed by atoms with Gasteiger partial charge in [-0.05, 0) is 194 Å². The minimum atomic E-state index is -1.91. The van der Waals surface area contributed by atoms with E-state index >= 15 is 0 Å². The number of rotatable bonds is 16. The lowest BCUT2D eigenvalue weighted by atomic mass is 10.3. The Morgan fingerprint density at radius 1 is 0.0769 bits per heavy atom. The predicted molar refractivity (Wildman–Crippen MR) is 445 cm³/mol. The van der Waals surface area contributed by atoms with Crippen LogP contribution in [0.15, 0.2) is 485 Å². The Morgan fingerprint density at radius 3 is 0.173 bits per heavy atom. The van der Waals surface area contributed by atoms with Crippen LogP contribution in [-0.4, -0.2) is 0 Å². The van der Waals surface area contributed by atoms with E-state index in [9.17, 15) is 0 Å². The molecule has 0 amide bonds. The number of benzene rings is 16. The van der Waals surface area contributed by atoms with Gasteiger partial charge in [-0.2, -0.15) is 0 Å². The van der Waals surface area contributed by atoms with Gasteiger partial charge in [0.05, 0.1) is 0 Å². The maximum absolute atomic E-state index is 2.28. The minimum Gasteiger partial charge on any atom is -1.00 e. The fourth-order valence-electron chi connectivity index (χ4n) is 14.0. The predicted octanol–water partition coefficient (Wildman–Crippen LogP) is 5.24. The van der Waals surface area contributed by atoms with Crippen LogP contribution in [0.5, 0.6) is 0 Å². The Kier molecular flexibility index (Phi) is 29.7. The summed E-state index contributed by atoms with van der Waals surface area (Å²) in [7, 11) is -7.62. The molecule has 0 fully saturated rings. The molecule has 0 heterocycles. The highest BCUT2D eigenvalue weighted by Crippen LogP contribution is 2.57. The van der Waals surface area contributed by atoms with Gasteiger partial charge >= 0.3 is 0 Å². The molecule has 0 spiro atoms. The molecule has 8 heteroatoms. The Morgan fingerprint density at radius 2 is 0.125 bits per heavy atom.